The Balaban J connectivity index is 1.77. The lowest BCUT2D eigenvalue weighted by molar-refractivity contribution is 0.418. The summed E-state index contributed by atoms with van der Waals surface area (Å²) in [6.45, 7) is 4.24. The second-order valence-corrected chi connectivity index (χ2v) is 10.1. The second kappa shape index (κ2) is 6.19. The monoisotopic (exact) mass is 392 g/mol. The number of hydrogen-bond donors (Lipinski definition) is 0. The Morgan fingerprint density at radius 1 is 0.625 bits per heavy atom. The molecule has 0 aliphatic rings. The Labute approximate surface area is 156 Å². The van der Waals surface area contributed by atoms with Gasteiger partial charge in [0.15, 0.2) is 0 Å². The number of thiophene rings is 4. The van der Waals surface area contributed by atoms with Gasteiger partial charge in [0.05, 0.1) is 33.7 Å². The maximum atomic E-state index is 5.52. The first kappa shape index (κ1) is 16.1. The van der Waals surface area contributed by atoms with Gasteiger partial charge in [-0.25, -0.2) is 0 Å². The first-order valence-corrected chi connectivity index (χ1v) is 10.7. The summed E-state index contributed by atoms with van der Waals surface area (Å²) in [6, 6.07) is 8.79. The Kier molecular flexibility index (Phi) is 4.16. The molecule has 24 heavy (non-hydrogen) atoms. The first-order chi connectivity index (χ1) is 11.6. The number of fused-ring (bicyclic) bond motifs is 1. The highest BCUT2D eigenvalue weighted by molar-refractivity contribution is 7.33. The van der Waals surface area contributed by atoms with Crippen LogP contribution in [-0.4, -0.2) is 14.2 Å². The molecule has 0 fully saturated rings. The third-order valence-electron chi connectivity index (χ3n) is 3.74. The Hall–Kier alpha value is -1.34. The molecule has 0 radical (unpaired) electrons. The topological polar surface area (TPSA) is 18.5 Å². The van der Waals surface area contributed by atoms with E-state index >= 15 is 0 Å². The van der Waals surface area contributed by atoms with E-state index in [0.29, 0.717) is 0 Å². The van der Waals surface area contributed by atoms with Gasteiger partial charge in [0.1, 0.15) is 11.5 Å². The number of ether oxygens (including phenoxy) is 2. The molecule has 0 saturated heterocycles. The molecular weight excluding hydrogens is 376 g/mol. The average Bonchev–Trinajstić information content (AvgIpc) is 3.27. The summed E-state index contributed by atoms with van der Waals surface area (Å²) in [6.07, 6.45) is 0. The molecule has 4 heterocycles. The van der Waals surface area contributed by atoms with Gasteiger partial charge in [0.25, 0.3) is 0 Å². The molecule has 0 atom stereocenters. The Morgan fingerprint density at radius 3 is 1.42 bits per heavy atom. The van der Waals surface area contributed by atoms with Crippen molar-refractivity contribution in [2.24, 2.45) is 0 Å². The molecule has 0 N–H and O–H groups in total. The molecule has 124 valence electrons. The lowest BCUT2D eigenvalue weighted by Crippen LogP contribution is -1.80. The molecule has 4 aromatic rings. The SMILES string of the molecule is COc1cc(C)sc1-c1cc2sc(-c3sc(C)cc3OC)cc2s1. The van der Waals surface area contributed by atoms with Gasteiger partial charge in [-0.05, 0) is 38.1 Å². The zero-order chi connectivity index (χ0) is 16.8. The van der Waals surface area contributed by atoms with Crippen LogP contribution in [0.25, 0.3) is 28.9 Å². The van der Waals surface area contributed by atoms with Crippen LogP contribution >= 0.6 is 45.3 Å². The Bertz CT molecular complexity index is 906. The molecule has 0 saturated carbocycles. The minimum absolute atomic E-state index is 0.974. The molecule has 6 heteroatoms. The fourth-order valence-electron chi connectivity index (χ4n) is 2.69. The zero-order valence-electron chi connectivity index (χ0n) is 13.8. The predicted molar refractivity (Wildman–Crippen MR) is 109 cm³/mol. The molecule has 4 rings (SSSR count). The van der Waals surface area contributed by atoms with Crippen LogP contribution in [0.3, 0.4) is 0 Å². The van der Waals surface area contributed by atoms with Gasteiger partial charge in [-0.1, -0.05) is 0 Å². The van der Waals surface area contributed by atoms with Crippen molar-refractivity contribution in [1.29, 1.82) is 0 Å². The van der Waals surface area contributed by atoms with Crippen LogP contribution in [-0.2, 0) is 0 Å². The average molecular weight is 393 g/mol. The largest absolute Gasteiger partial charge is 0.495 e. The van der Waals surface area contributed by atoms with E-state index in [1.165, 1.54) is 38.7 Å². The van der Waals surface area contributed by atoms with Crippen molar-refractivity contribution in [2.45, 2.75) is 13.8 Å². The highest BCUT2D eigenvalue weighted by Crippen LogP contribution is 2.49. The summed E-state index contributed by atoms with van der Waals surface area (Å²) >= 11 is 7.25. The van der Waals surface area contributed by atoms with Crippen molar-refractivity contribution in [3.63, 3.8) is 0 Å². The molecular formula is C18H16O2S4. The molecule has 0 amide bonds. The predicted octanol–water partition coefficient (Wildman–Crippen LogP) is 7.05. The molecule has 0 bridgehead atoms. The lowest BCUT2D eigenvalue weighted by Gasteiger charge is -1.99. The summed E-state index contributed by atoms with van der Waals surface area (Å²) in [5, 5.41) is 0. The van der Waals surface area contributed by atoms with Crippen LogP contribution in [0.1, 0.15) is 9.75 Å². The van der Waals surface area contributed by atoms with Gasteiger partial charge < -0.3 is 9.47 Å². The molecule has 0 unspecified atom stereocenters. The van der Waals surface area contributed by atoms with Gasteiger partial charge in [-0.3, -0.25) is 0 Å². The fraction of sp³-hybridized carbons (Fsp3) is 0.222. The maximum Gasteiger partial charge on any atom is 0.138 e. The van der Waals surface area contributed by atoms with E-state index in [2.05, 4.69) is 38.1 Å². The van der Waals surface area contributed by atoms with Crippen LogP contribution in [0.2, 0.25) is 0 Å². The number of methoxy groups -OCH3 is 2. The van der Waals surface area contributed by atoms with Crippen LogP contribution in [0.5, 0.6) is 11.5 Å². The molecule has 0 aliphatic carbocycles. The molecule has 0 spiro atoms. The second-order valence-electron chi connectivity index (χ2n) is 5.46. The highest BCUT2D eigenvalue weighted by atomic mass is 32.1. The lowest BCUT2D eigenvalue weighted by atomic mass is 10.3. The smallest absolute Gasteiger partial charge is 0.138 e. The summed E-state index contributed by atoms with van der Waals surface area (Å²) in [5.41, 5.74) is 0. The highest BCUT2D eigenvalue weighted by Gasteiger charge is 2.17. The molecule has 2 nitrogen and oxygen atoms in total. The van der Waals surface area contributed by atoms with Crippen molar-refractivity contribution in [2.75, 3.05) is 14.2 Å². The van der Waals surface area contributed by atoms with E-state index < -0.39 is 0 Å². The van der Waals surface area contributed by atoms with Gasteiger partial charge in [0.2, 0.25) is 0 Å². The number of aryl methyl sites for hydroxylation is 2. The van der Waals surface area contributed by atoms with E-state index in [0.717, 1.165) is 11.5 Å². The number of rotatable bonds is 4. The first-order valence-electron chi connectivity index (χ1n) is 7.42. The van der Waals surface area contributed by atoms with Gasteiger partial charge in [-0.2, -0.15) is 0 Å². The zero-order valence-corrected chi connectivity index (χ0v) is 17.0. The van der Waals surface area contributed by atoms with Crippen molar-refractivity contribution in [3.8, 4) is 31.0 Å². The van der Waals surface area contributed by atoms with Crippen molar-refractivity contribution >= 4 is 54.7 Å². The molecule has 0 aromatic carbocycles. The minimum Gasteiger partial charge on any atom is -0.495 e. The third kappa shape index (κ3) is 2.67. The van der Waals surface area contributed by atoms with E-state index in [1.54, 1.807) is 36.9 Å². The van der Waals surface area contributed by atoms with Gasteiger partial charge in [0, 0.05) is 19.2 Å². The van der Waals surface area contributed by atoms with Gasteiger partial charge >= 0.3 is 0 Å². The van der Waals surface area contributed by atoms with Crippen LogP contribution < -0.4 is 9.47 Å². The summed E-state index contributed by atoms with van der Waals surface area (Å²) < 4.78 is 13.7. The third-order valence-corrected chi connectivity index (χ3v) is 8.45. The summed E-state index contributed by atoms with van der Waals surface area (Å²) in [5.74, 6) is 1.95. The summed E-state index contributed by atoms with van der Waals surface area (Å²) in [4.78, 5) is 7.58. The Morgan fingerprint density at radius 2 is 1.04 bits per heavy atom. The molecule has 4 aromatic heterocycles. The van der Waals surface area contributed by atoms with Gasteiger partial charge in [-0.15, -0.1) is 45.3 Å². The quantitative estimate of drug-likeness (QED) is 0.370. The normalized spacial score (nSPS) is 11.3. The van der Waals surface area contributed by atoms with Crippen LogP contribution in [0, 0.1) is 13.8 Å². The fourth-order valence-corrected chi connectivity index (χ4v) is 7.25. The van der Waals surface area contributed by atoms with Crippen LogP contribution in [0.15, 0.2) is 24.3 Å². The van der Waals surface area contributed by atoms with Crippen LogP contribution in [0.4, 0.5) is 0 Å². The van der Waals surface area contributed by atoms with E-state index in [1.807, 2.05) is 22.7 Å². The van der Waals surface area contributed by atoms with E-state index in [9.17, 15) is 0 Å². The van der Waals surface area contributed by atoms with Crippen molar-refractivity contribution < 1.29 is 9.47 Å². The van der Waals surface area contributed by atoms with Crippen molar-refractivity contribution in [1.82, 2.24) is 0 Å². The summed E-state index contributed by atoms with van der Waals surface area (Å²) in [7, 11) is 3.48. The van der Waals surface area contributed by atoms with E-state index in [-0.39, 0.29) is 0 Å². The maximum absolute atomic E-state index is 5.52. The van der Waals surface area contributed by atoms with Crippen molar-refractivity contribution in [3.05, 3.63) is 34.0 Å². The van der Waals surface area contributed by atoms with E-state index in [4.69, 9.17) is 9.47 Å². The molecule has 0 aliphatic heterocycles. The minimum atomic E-state index is 0.974. The standard InChI is InChI=1S/C18H16O2S4/c1-9-5-11(19-3)17(21-9)15-7-13-14(23-15)8-16(24-13)18-12(20-4)6-10(2)22-18/h5-8H,1-4H3. The number of hydrogen-bond acceptors (Lipinski definition) is 6.